The highest BCUT2D eigenvalue weighted by Gasteiger charge is 2.13. The van der Waals surface area contributed by atoms with Gasteiger partial charge < -0.3 is 10.1 Å². The van der Waals surface area contributed by atoms with E-state index in [1.807, 2.05) is 0 Å². The first kappa shape index (κ1) is 15.9. The number of para-hydroxylation sites is 2. The second-order valence-electron chi connectivity index (χ2n) is 4.68. The Balaban J connectivity index is 1.91. The van der Waals surface area contributed by atoms with Gasteiger partial charge in [0, 0.05) is 18.4 Å². The van der Waals surface area contributed by atoms with Crippen molar-refractivity contribution < 1.29 is 18.3 Å². The van der Waals surface area contributed by atoms with Gasteiger partial charge in [0.15, 0.2) is 0 Å². The second kappa shape index (κ2) is 7.51. The number of hydrogen-bond donors (Lipinski definition) is 2. The van der Waals surface area contributed by atoms with E-state index in [4.69, 9.17) is 0 Å². The standard InChI is InChI=1S/C14H16F2N4O2/c1-20(8-10-6-7-17-19-10)9-13(21)18-11-4-2-3-5-12(11)22-14(15)16/h2-7,14H,8-9H2,1H3,(H,17,19)(H,18,21). The maximum atomic E-state index is 12.3. The normalized spacial score (nSPS) is 11.0. The lowest BCUT2D eigenvalue weighted by molar-refractivity contribution is -0.117. The monoisotopic (exact) mass is 310 g/mol. The molecule has 0 saturated carbocycles. The Labute approximate surface area is 126 Å². The van der Waals surface area contributed by atoms with Gasteiger partial charge in [-0.2, -0.15) is 13.9 Å². The van der Waals surface area contributed by atoms with Gasteiger partial charge in [-0.05, 0) is 25.2 Å². The summed E-state index contributed by atoms with van der Waals surface area (Å²) >= 11 is 0. The van der Waals surface area contributed by atoms with E-state index in [0.717, 1.165) is 5.69 Å². The summed E-state index contributed by atoms with van der Waals surface area (Å²) < 4.78 is 29.0. The molecule has 2 N–H and O–H groups in total. The molecule has 2 rings (SSSR count). The number of aromatic amines is 1. The summed E-state index contributed by atoms with van der Waals surface area (Å²) in [5, 5.41) is 9.18. The molecule has 0 atom stereocenters. The molecule has 0 saturated heterocycles. The largest absolute Gasteiger partial charge is 0.433 e. The van der Waals surface area contributed by atoms with Gasteiger partial charge in [-0.25, -0.2) is 0 Å². The summed E-state index contributed by atoms with van der Waals surface area (Å²) in [6.45, 7) is -2.33. The topological polar surface area (TPSA) is 70.2 Å². The molecule has 1 aromatic carbocycles. The summed E-state index contributed by atoms with van der Waals surface area (Å²) in [4.78, 5) is 13.7. The van der Waals surface area contributed by atoms with Crippen LogP contribution in [-0.4, -0.2) is 41.2 Å². The van der Waals surface area contributed by atoms with Crippen LogP contribution in [0.25, 0.3) is 0 Å². The summed E-state index contributed by atoms with van der Waals surface area (Å²) in [7, 11) is 1.77. The fraction of sp³-hybridized carbons (Fsp3) is 0.286. The average molecular weight is 310 g/mol. The Morgan fingerprint density at radius 1 is 1.41 bits per heavy atom. The van der Waals surface area contributed by atoms with Crippen LogP contribution in [0.15, 0.2) is 36.5 Å². The number of rotatable bonds is 7. The van der Waals surface area contributed by atoms with Crippen LogP contribution in [0.2, 0.25) is 0 Å². The van der Waals surface area contributed by atoms with Gasteiger partial charge >= 0.3 is 6.61 Å². The molecule has 0 bridgehead atoms. The number of anilines is 1. The van der Waals surface area contributed by atoms with E-state index in [1.54, 1.807) is 36.3 Å². The van der Waals surface area contributed by atoms with E-state index in [-0.39, 0.29) is 23.9 Å². The van der Waals surface area contributed by atoms with Crippen LogP contribution in [0.3, 0.4) is 0 Å². The molecular formula is C14H16F2N4O2. The van der Waals surface area contributed by atoms with E-state index in [1.165, 1.54) is 12.1 Å². The van der Waals surface area contributed by atoms with E-state index < -0.39 is 6.61 Å². The number of amides is 1. The maximum absolute atomic E-state index is 12.3. The molecular weight excluding hydrogens is 294 g/mol. The lowest BCUT2D eigenvalue weighted by atomic mass is 10.3. The number of hydrogen-bond acceptors (Lipinski definition) is 4. The zero-order valence-electron chi connectivity index (χ0n) is 11.9. The van der Waals surface area contributed by atoms with Crippen molar-refractivity contribution in [1.82, 2.24) is 15.1 Å². The smallest absolute Gasteiger partial charge is 0.387 e. The van der Waals surface area contributed by atoms with Gasteiger partial charge in [0.2, 0.25) is 5.91 Å². The van der Waals surface area contributed by atoms with Crippen molar-refractivity contribution in [1.29, 1.82) is 0 Å². The fourth-order valence-electron chi connectivity index (χ4n) is 1.92. The first-order valence-electron chi connectivity index (χ1n) is 6.55. The molecule has 0 fully saturated rings. The number of H-pyrrole nitrogens is 1. The van der Waals surface area contributed by atoms with Gasteiger partial charge in [0.25, 0.3) is 0 Å². The van der Waals surface area contributed by atoms with Crippen LogP contribution >= 0.6 is 0 Å². The molecule has 0 spiro atoms. The molecule has 2 aromatic rings. The summed E-state index contributed by atoms with van der Waals surface area (Å²) in [6, 6.07) is 7.86. The quantitative estimate of drug-likeness (QED) is 0.821. The highest BCUT2D eigenvalue weighted by Crippen LogP contribution is 2.25. The highest BCUT2D eigenvalue weighted by atomic mass is 19.3. The second-order valence-corrected chi connectivity index (χ2v) is 4.68. The SMILES string of the molecule is CN(CC(=O)Nc1ccccc1OC(F)F)Cc1ccn[nH]1. The molecule has 0 aliphatic carbocycles. The third-order valence-corrected chi connectivity index (χ3v) is 2.79. The zero-order valence-corrected chi connectivity index (χ0v) is 11.9. The number of halogens is 2. The van der Waals surface area contributed by atoms with Gasteiger partial charge in [-0.15, -0.1) is 0 Å². The minimum Gasteiger partial charge on any atom is -0.433 e. The Morgan fingerprint density at radius 2 is 2.18 bits per heavy atom. The van der Waals surface area contributed by atoms with Crippen molar-refractivity contribution in [3.63, 3.8) is 0 Å². The van der Waals surface area contributed by atoms with Crippen LogP contribution in [-0.2, 0) is 11.3 Å². The Hall–Kier alpha value is -2.48. The summed E-state index contributed by atoms with van der Waals surface area (Å²) in [6.07, 6.45) is 1.63. The molecule has 6 nitrogen and oxygen atoms in total. The molecule has 1 amide bonds. The highest BCUT2D eigenvalue weighted by molar-refractivity contribution is 5.93. The lowest BCUT2D eigenvalue weighted by Crippen LogP contribution is -2.30. The van der Waals surface area contributed by atoms with Gasteiger partial charge in [0.05, 0.1) is 12.2 Å². The molecule has 1 heterocycles. The van der Waals surface area contributed by atoms with Crippen LogP contribution in [0.4, 0.5) is 14.5 Å². The number of likely N-dealkylation sites (N-methyl/N-ethyl adjacent to an activating group) is 1. The Morgan fingerprint density at radius 3 is 2.86 bits per heavy atom. The summed E-state index contributed by atoms with van der Waals surface area (Å²) in [5.41, 5.74) is 1.08. The molecule has 0 aliphatic rings. The third-order valence-electron chi connectivity index (χ3n) is 2.79. The molecule has 22 heavy (non-hydrogen) atoms. The number of ether oxygens (including phenoxy) is 1. The first-order chi connectivity index (χ1) is 10.5. The molecule has 0 radical (unpaired) electrons. The van der Waals surface area contributed by atoms with E-state index in [9.17, 15) is 13.6 Å². The number of alkyl halides is 2. The molecule has 8 heteroatoms. The minimum atomic E-state index is -2.94. The van der Waals surface area contributed by atoms with E-state index in [0.29, 0.717) is 6.54 Å². The van der Waals surface area contributed by atoms with Gasteiger partial charge in [0.1, 0.15) is 5.75 Å². The molecule has 1 aromatic heterocycles. The molecule has 118 valence electrons. The van der Waals surface area contributed by atoms with Crippen molar-refractivity contribution in [2.24, 2.45) is 0 Å². The van der Waals surface area contributed by atoms with Crippen LogP contribution in [0.1, 0.15) is 5.69 Å². The first-order valence-corrected chi connectivity index (χ1v) is 6.55. The van der Waals surface area contributed by atoms with E-state index >= 15 is 0 Å². The van der Waals surface area contributed by atoms with Crippen molar-refractivity contribution in [2.45, 2.75) is 13.2 Å². The van der Waals surface area contributed by atoms with Crippen molar-refractivity contribution in [2.75, 3.05) is 18.9 Å². The number of nitrogens with zero attached hydrogens (tertiary/aromatic N) is 2. The van der Waals surface area contributed by atoms with Crippen molar-refractivity contribution in [3.8, 4) is 5.75 Å². The number of carbonyl (C=O) groups excluding carboxylic acids is 1. The maximum Gasteiger partial charge on any atom is 0.387 e. The zero-order chi connectivity index (χ0) is 15.9. The molecule has 0 aliphatic heterocycles. The van der Waals surface area contributed by atoms with Crippen molar-refractivity contribution in [3.05, 3.63) is 42.2 Å². The predicted molar refractivity (Wildman–Crippen MR) is 76.6 cm³/mol. The Bertz CT molecular complexity index is 605. The Kier molecular flexibility index (Phi) is 5.42. The number of nitrogens with one attached hydrogen (secondary N) is 2. The van der Waals surface area contributed by atoms with Gasteiger partial charge in [-0.3, -0.25) is 14.8 Å². The molecule has 0 unspecified atom stereocenters. The fourth-order valence-corrected chi connectivity index (χ4v) is 1.92. The summed E-state index contributed by atoms with van der Waals surface area (Å²) in [5.74, 6) is -0.394. The van der Waals surface area contributed by atoms with E-state index in [2.05, 4.69) is 20.3 Å². The van der Waals surface area contributed by atoms with Crippen LogP contribution in [0.5, 0.6) is 5.75 Å². The predicted octanol–water partition coefficient (Wildman–Crippen LogP) is 2.08. The lowest BCUT2D eigenvalue weighted by Gasteiger charge is -2.16. The minimum absolute atomic E-state index is 0.0675. The van der Waals surface area contributed by atoms with Crippen molar-refractivity contribution >= 4 is 11.6 Å². The number of aromatic nitrogens is 2. The van der Waals surface area contributed by atoms with Crippen LogP contribution < -0.4 is 10.1 Å². The van der Waals surface area contributed by atoms with Crippen LogP contribution in [0, 0.1) is 0 Å². The number of benzene rings is 1. The third kappa shape index (κ3) is 4.81. The average Bonchev–Trinajstić information content (AvgIpc) is 2.93. The number of carbonyl (C=O) groups is 1. The van der Waals surface area contributed by atoms with Gasteiger partial charge in [-0.1, -0.05) is 12.1 Å².